The Morgan fingerprint density at radius 2 is 1.85 bits per heavy atom. The zero-order valence-corrected chi connectivity index (χ0v) is 19.9. The predicted octanol–water partition coefficient (Wildman–Crippen LogP) is 3.85. The summed E-state index contributed by atoms with van der Waals surface area (Å²) in [4.78, 5) is 27.8. The van der Waals surface area contributed by atoms with Crippen molar-refractivity contribution in [3.05, 3.63) is 70.0 Å². The normalized spacial score (nSPS) is 12.2. The number of ether oxygens (including phenoxy) is 2. The fraction of sp³-hybridized carbons (Fsp3) is 0.250. The Kier molecular flexibility index (Phi) is 7.80. The van der Waals surface area contributed by atoms with Crippen LogP contribution in [-0.4, -0.2) is 54.7 Å². The summed E-state index contributed by atoms with van der Waals surface area (Å²) in [6.45, 7) is -0.409. The molecule has 2 N–H and O–H groups in total. The Balaban J connectivity index is 1.93. The van der Waals surface area contributed by atoms with Crippen LogP contribution in [0.5, 0.6) is 17.4 Å². The van der Waals surface area contributed by atoms with Crippen LogP contribution in [0, 0.1) is 11.6 Å². The lowest BCUT2D eigenvalue weighted by atomic mass is 10.1. The number of aromatic nitrogens is 4. The largest absolute Gasteiger partial charge is 0.481 e. The van der Waals surface area contributed by atoms with Gasteiger partial charge in [-0.25, -0.2) is 36.5 Å². The molecule has 0 bridgehead atoms. The fourth-order valence-corrected chi connectivity index (χ4v) is 3.76. The van der Waals surface area contributed by atoms with Gasteiger partial charge >= 0.3 is 11.7 Å². The van der Waals surface area contributed by atoms with Gasteiger partial charge in [0.1, 0.15) is 19.0 Å². The monoisotopic (exact) mass is 554 g/mol. The van der Waals surface area contributed by atoms with E-state index in [9.17, 15) is 36.6 Å². The first-order valence-electron chi connectivity index (χ1n) is 11.2. The van der Waals surface area contributed by atoms with Gasteiger partial charge in [-0.2, -0.15) is 4.68 Å². The molecule has 0 spiro atoms. The first-order chi connectivity index (χ1) is 18.6. The summed E-state index contributed by atoms with van der Waals surface area (Å²) in [5.41, 5.74) is -1.41. The van der Waals surface area contributed by atoms with Crippen molar-refractivity contribution in [1.29, 1.82) is 0 Å². The molecule has 0 amide bonds. The van der Waals surface area contributed by atoms with E-state index in [-0.39, 0.29) is 28.8 Å². The van der Waals surface area contributed by atoms with Crippen LogP contribution in [0.3, 0.4) is 0 Å². The lowest BCUT2D eigenvalue weighted by molar-refractivity contribution is -0.000435. The molecule has 0 saturated heterocycles. The van der Waals surface area contributed by atoms with Crippen molar-refractivity contribution >= 4 is 16.7 Å². The molecule has 39 heavy (non-hydrogen) atoms. The number of aromatic carboxylic acids is 1. The molecule has 2 aromatic carbocycles. The summed E-state index contributed by atoms with van der Waals surface area (Å²) in [6, 6.07) is 4.73. The number of carboxylic acids is 1. The average molecular weight is 554 g/mol. The van der Waals surface area contributed by atoms with E-state index in [1.807, 2.05) is 0 Å². The minimum absolute atomic E-state index is 0.00814. The van der Waals surface area contributed by atoms with Crippen LogP contribution in [0.4, 0.5) is 22.0 Å². The van der Waals surface area contributed by atoms with E-state index in [2.05, 4.69) is 10.1 Å². The van der Waals surface area contributed by atoms with Crippen LogP contribution < -0.4 is 15.2 Å². The summed E-state index contributed by atoms with van der Waals surface area (Å²) in [6.07, 6.45) is -4.41. The predicted molar refractivity (Wildman–Crippen MR) is 125 cm³/mol. The number of halogens is 5. The van der Waals surface area contributed by atoms with Gasteiger partial charge in [0.25, 0.3) is 6.43 Å². The lowest BCUT2D eigenvalue weighted by Crippen LogP contribution is -2.28. The van der Waals surface area contributed by atoms with Crippen molar-refractivity contribution in [3.8, 4) is 23.1 Å². The number of aliphatic hydroxyl groups excluding tert-OH is 1. The maximum atomic E-state index is 14.6. The van der Waals surface area contributed by atoms with E-state index in [1.54, 1.807) is 6.92 Å². The number of hydrogen-bond donors (Lipinski definition) is 2. The number of fused-ring (bicyclic) bond motifs is 1. The van der Waals surface area contributed by atoms with Gasteiger partial charge in [0.2, 0.25) is 11.6 Å². The Labute approximate surface area is 215 Å². The Morgan fingerprint density at radius 3 is 2.38 bits per heavy atom. The molecule has 0 fully saturated rings. The maximum absolute atomic E-state index is 14.6. The molecule has 4 rings (SSSR count). The number of alkyl halides is 3. The summed E-state index contributed by atoms with van der Waals surface area (Å²) < 4.78 is 81.9. The lowest BCUT2D eigenvalue weighted by Gasteiger charge is -2.19. The highest BCUT2D eigenvalue weighted by atomic mass is 19.3. The van der Waals surface area contributed by atoms with Crippen LogP contribution in [0.25, 0.3) is 16.5 Å². The van der Waals surface area contributed by atoms with E-state index in [4.69, 9.17) is 14.6 Å². The number of nitrogens with zero attached hydrogens (tertiary/aromatic N) is 4. The quantitative estimate of drug-likeness (QED) is 0.283. The molecule has 10 nitrogen and oxygen atoms in total. The number of rotatable bonds is 10. The van der Waals surface area contributed by atoms with E-state index in [0.717, 1.165) is 21.5 Å². The van der Waals surface area contributed by atoms with Crippen LogP contribution in [-0.2, 0) is 13.2 Å². The summed E-state index contributed by atoms with van der Waals surface area (Å²) in [5, 5.41) is 22.5. The summed E-state index contributed by atoms with van der Waals surface area (Å²) >= 11 is 0. The molecule has 2 aromatic heterocycles. The third-order valence-corrected chi connectivity index (χ3v) is 5.57. The van der Waals surface area contributed by atoms with Crippen molar-refractivity contribution in [2.75, 3.05) is 6.67 Å². The van der Waals surface area contributed by atoms with Gasteiger partial charge in [0.15, 0.2) is 23.6 Å². The smallest absolute Gasteiger partial charge is 0.350 e. The SMILES string of the molecule is CCn1c(CO)nn(-c2cc(OC(CF)C(F)F)c3c(Oc4c(F)cc(C(=O)O)cc4F)nccc3c2)c1=O. The third-order valence-electron chi connectivity index (χ3n) is 5.57. The van der Waals surface area contributed by atoms with Gasteiger partial charge in [-0.05, 0) is 36.6 Å². The second-order valence-corrected chi connectivity index (χ2v) is 7.99. The molecule has 0 aliphatic heterocycles. The van der Waals surface area contributed by atoms with Crippen LogP contribution >= 0.6 is 0 Å². The van der Waals surface area contributed by atoms with Gasteiger partial charge in [-0.15, -0.1) is 5.10 Å². The van der Waals surface area contributed by atoms with Gasteiger partial charge in [0.05, 0.1) is 16.6 Å². The van der Waals surface area contributed by atoms with E-state index in [0.29, 0.717) is 12.1 Å². The number of aliphatic hydroxyl groups is 1. The maximum Gasteiger partial charge on any atom is 0.350 e. The molecular weight excluding hydrogens is 535 g/mol. The highest BCUT2D eigenvalue weighted by molar-refractivity contribution is 5.94. The Bertz CT molecular complexity index is 1580. The van der Waals surface area contributed by atoms with Crippen molar-refractivity contribution in [2.45, 2.75) is 32.6 Å². The topological polar surface area (TPSA) is 129 Å². The zero-order chi connectivity index (χ0) is 28.4. The molecule has 206 valence electrons. The van der Waals surface area contributed by atoms with Crippen LogP contribution in [0.1, 0.15) is 23.1 Å². The van der Waals surface area contributed by atoms with Crippen molar-refractivity contribution in [1.82, 2.24) is 19.3 Å². The second kappa shape index (κ2) is 11.1. The van der Waals surface area contributed by atoms with E-state index >= 15 is 0 Å². The van der Waals surface area contributed by atoms with E-state index < -0.39 is 72.0 Å². The minimum Gasteiger partial charge on any atom is -0.481 e. The first kappa shape index (κ1) is 27.5. The molecule has 1 atom stereocenters. The third kappa shape index (κ3) is 5.25. The molecule has 0 aliphatic carbocycles. The number of hydrogen-bond acceptors (Lipinski definition) is 7. The minimum atomic E-state index is -3.28. The molecule has 0 aliphatic rings. The molecule has 4 aromatic rings. The second-order valence-electron chi connectivity index (χ2n) is 7.99. The Hall–Kier alpha value is -4.53. The number of carbonyl (C=O) groups is 1. The summed E-state index contributed by atoms with van der Waals surface area (Å²) in [5.74, 6) is -6.46. The number of carboxylic acid groups (broad SMARTS) is 1. The standard InChI is InChI=1S/C24H19F5N4O6/c1-2-32-18(10-34)31-33(24(32)37)13-5-11-3-4-30-22(19(11)16(8-13)38-17(9-25)21(28)29)39-20-14(26)6-12(23(35)36)7-15(20)27/h3-8,17,21,34H,2,9-10H2,1H3,(H,35,36). The van der Waals surface area contributed by atoms with Crippen LogP contribution in [0.15, 0.2) is 41.3 Å². The highest BCUT2D eigenvalue weighted by Gasteiger charge is 2.26. The fourth-order valence-electron chi connectivity index (χ4n) is 3.76. The molecular formula is C24H19F5N4O6. The van der Waals surface area contributed by atoms with Gasteiger partial charge in [0, 0.05) is 18.8 Å². The highest BCUT2D eigenvalue weighted by Crippen LogP contribution is 2.39. The number of benzene rings is 2. The van der Waals surface area contributed by atoms with Crippen molar-refractivity contribution in [2.24, 2.45) is 0 Å². The number of pyridine rings is 1. The van der Waals surface area contributed by atoms with Gasteiger partial charge < -0.3 is 19.7 Å². The molecule has 2 heterocycles. The van der Waals surface area contributed by atoms with Gasteiger partial charge in [-0.1, -0.05) is 0 Å². The van der Waals surface area contributed by atoms with Crippen LogP contribution in [0.2, 0.25) is 0 Å². The van der Waals surface area contributed by atoms with Crippen molar-refractivity contribution in [3.63, 3.8) is 0 Å². The van der Waals surface area contributed by atoms with Gasteiger partial charge in [-0.3, -0.25) is 4.57 Å². The zero-order valence-electron chi connectivity index (χ0n) is 19.9. The molecule has 0 saturated carbocycles. The van der Waals surface area contributed by atoms with Crippen molar-refractivity contribution < 1.29 is 46.4 Å². The summed E-state index contributed by atoms with van der Waals surface area (Å²) in [7, 11) is 0. The van der Waals surface area contributed by atoms with E-state index in [1.165, 1.54) is 12.1 Å². The molecule has 1 unspecified atom stereocenters. The average Bonchev–Trinajstić information content (AvgIpc) is 3.23. The Morgan fingerprint density at radius 1 is 1.15 bits per heavy atom. The molecule has 0 radical (unpaired) electrons. The first-order valence-corrected chi connectivity index (χ1v) is 11.2. The molecule has 15 heteroatoms.